The van der Waals surface area contributed by atoms with Crippen LogP contribution >= 0.6 is 11.6 Å². The number of fused-ring (bicyclic) bond motifs is 1. The number of ketones is 1. The van der Waals surface area contributed by atoms with Crippen LogP contribution in [0.25, 0.3) is 0 Å². The first-order valence-electron chi connectivity index (χ1n) is 7.00. The summed E-state index contributed by atoms with van der Waals surface area (Å²) in [5.41, 5.74) is 9.74. The van der Waals surface area contributed by atoms with Crippen molar-refractivity contribution in [2.45, 2.75) is 19.3 Å². The van der Waals surface area contributed by atoms with E-state index in [1.807, 2.05) is 18.2 Å². The summed E-state index contributed by atoms with van der Waals surface area (Å²) >= 11 is 5.99. The van der Waals surface area contributed by atoms with E-state index in [1.165, 1.54) is 0 Å². The van der Waals surface area contributed by atoms with Gasteiger partial charge in [0.05, 0.1) is 0 Å². The van der Waals surface area contributed by atoms with Gasteiger partial charge >= 0.3 is 0 Å². The van der Waals surface area contributed by atoms with E-state index in [0.29, 0.717) is 30.0 Å². The SMILES string of the molecule is NC(=O)C1=C(CC2=CCC(=O)C=C2)Cc2ccc(Cl)cc2N1. The third-order valence-electron chi connectivity index (χ3n) is 3.80. The average Bonchev–Trinajstić information content (AvgIpc) is 2.49. The highest BCUT2D eigenvalue weighted by Gasteiger charge is 2.22. The zero-order valence-corrected chi connectivity index (χ0v) is 12.6. The molecule has 2 aliphatic rings. The second-order valence-electron chi connectivity index (χ2n) is 5.41. The molecule has 0 fully saturated rings. The molecule has 1 aliphatic carbocycles. The number of carbonyl (C=O) groups excluding carboxylic acids is 2. The highest BCUT2D eigenvalue weighted by molar-refractivity contribution is 6.30. The molecular weight excluding hydrogens is 300 g/mol. The molecule has 0 saturated carbocycles. The van der Waals surface area contributed by atoms with Crippen LogP contribution in [0.15, 0.2) is 53.3 Å². The first-order valence-corrected chi connectivity index (χ1v) is 7.38. The molecule has 1 heterocycles. The molecule has 0 spiro atoms. The van der Waals surface area contributed by atoms with Crippen LogP contribution in [0.3, 0.4) is 0 Å². The maximum Gasteiger partial charge on any atom is 0.265 e. The quantitative estimate of drug-likeness (QED) is 0.901. The highest BCUT2D eigenvalue weighted by atomic mass is 35.5. The second-order valence-corrected chi connectivity index (χ2v) is 5.84. The molecule has 0 aromatic heterocycles. The molecule has 3 rings (SSSR count). The van der Waals surface area contributed by atoms with Gasteiger partial charge in [-0.3, -0.25) is 9.59 Å². The molecule has 0 saturated heterocycles. The maximum absolute atomic E-state index is 11.7. The maximum atomic E-state index is 11.7. The van der Waals surface area contributed by atoms with E-state index in [2.05, 4.69) is 5.32 Å². The zero-order chi connectivity index (χ0) is 15.7. The van der Waals surface area contributed by atoms with E-state index in [9.17, 15) is 9.59 Å². The van der Waals surface area contributed by atoms with Crippen molar-refractivity contribution in [1.82, 2.24) is 0 Å². The number of allylic oxidation sites excluding steroid dienone is 5. The number of halogens is 1. The Balaban J connectivity index is 1.90. The topological polar surface area (TPSA) is 72.2 Å². The van der Waals surface area contributed by atoms with E-state index in [-0.39, 0.29) is 5.78 Å². The summed E-state index contributed by atoms with van der Waals surface area (Å²) in [6, 6.07) is 5.56. The van der Waals surface area contributed by atoms with Gasteiger partial charge in [0.15, 0.2) is 5.78 Å². The van der Waals surface area contributed by atoms with Crippen LogP contribution in [0.5, 0.6) is 0 Å². The van der Waals surface area contributed by atoms with Crippen LogP contribution in [-0.2, 0) is 16.0 Å². The number of nitrogens with two attached hydrogens (primary N) is 1. The number of rotatable bonds is 3. The van der Waals surface area contributed by atoms with Gasteiger partial charge in [0.2, 0.25) is 0 Å². The third-order valence-corrected chi connectivity index (χ3v) is 4.04. The molecular formula is C17H15ClN2O2. The lowest BCUT2D eigenvalue weighted by Gasteiger charge is -2.24. The van der Waals surface area contributed by atoms with Crippen molar-refractivity contribution in [2.75, 3.05) is 5.32 Å². The van der Waals surface area contributed by atoms with Gasteiger partial charge in [-0.25, -0.2) is 0 Å². The number of anilines is 1. The number of hydrogen-bond donors (Lipinski definition) is 2. The van der Waals surface area contributed by atoms with Crippen molar-refractivity contribution >= 4 is 29.0 Å². The molecule has 4 nitrogen and oxygen atoms in total. The Morgan fingerprint density at radius 1 is 1.32 bits per heavy atom. The largest absolute Gasteiger partial charge is 0.364 e. The van der Waals surface area contributed by atoms with Gasteiger partial charge in [-0.05, 0) is 47.8 Å². The van der Waals surface area contributed by atoms with E-state index < -0.39 is 5.91 Å². The van der Waals surface area contributed by atoms with Gasteiger partial charge in [0.1, 0.15) is 5.70 Å². The molecule has 3 N–H and O–H groups in total. The minimum absolute atomic E-state index is 0.0922. The fraction of sp³-hybridized carbons (Fsp3) is 0.176. The number of amides is 1. The first-order chi connectivity index (χ1) is 10.5. The number of nitrogens with one attached hydrogen (secondary N) is 1. The molecule has 0 bridgehead atoms. The smallest absolute Gasteiger partial charge is 0.265 e. The van der Waals surface area contributed by atoms with E-state index in [1.54, 1.807) is 18.2 Å². The van der Waals surface area contributed by atoms with Gasteiger partial charge in [-0.1, -0.05) is 29.8 Å². The number of benzene rings is 1. The molecule has 1 aromatic rings. The van der Waals surface area contributed by atoms with Crippen molar-refractivity contribution in [3.8, 4) is 0 Å². The Labute approximate surface area is 133 Å². The molecule has 0 atom stereocenters. The second kappa shape index (κ2) is 5.81. The van der Waals surface area contributed by atoms with Crippen LogP contribution in [0.4, 0.5) is 5.69 Å². The van der Waals surface area contributed by atoms with E-state index in [0.717, 1.165) is 22.4 Å². The average molecular weight is 315 g/mol. The lowest BCUT2D eigenvalue weighted by molar-refractivity contribution is -0.115. The molecule has 1 aromatic carbocycles. The monoisotopic (exact) mass is 314 g/mol. The molecule has 5 heteroatoms. The lowest BCUT2D eigenvalue weighted by Crippen LogP contribution is -2.26. The van der Waals surface area contributed by atoms with Gasteiger partial charge in [0, 0.05) is 17.1 Å². The van der Waals surface area contributed by atoms with E-state index >= 15 is 0 Å². The fourth-order valence-corrected chi connectivity index (χ4v) is 2.86. The minimum Gasteiger partial charge on any atom is -0.364 e. The fourth-order valence-electron chi connectivity index (χ4n) is 2.69. The summed E-state index contributed by atoms with van der Waals surface area (Å²) in [5, 5.41) is 3.69. The molecule has 22 heavy (non-hydrogen) atoms. The summed E-state index contributed by atoms with van der Waals surface area (Å²) in [6.45, 7) is 0. The number of primary amides is 1. The van der Waals surface area contributed by atoms with Crippen molar-refractivity contribution in [3.63, 3.8) is 0 Å². The minimum atomic E-state index is -0.489. The molecule has 0 radical (unpaired) electrons. The van der Waals surface area contributed by atoms with Crippen molar-refractivity contribution in [2.24, 2.45) is 5.73 Å². The van der Waals surface area contributed by atoms with Crippen LogP contribution in [0, 0.1) is 0 Å². The first kappa shape index (κ1) is 14.6. The van der Waals surface area contributed by atoms with Crippen LogP contribution < -0.4 is 11.1 Å². The standard InChI is InChI=1S/C17H15ClN2O2/c18-13-4-3-11-8-12(7-10-1-5-14(21)6-2-10)16(17(19)22)20-15(11)9-13/h1-5,9,20H,6-8H2,(H2,19,22). The van der Waals surface area contributed by atoms with Gasteiger partial charge < -0.3 is 11.1 Å². The summed E-state index contributed by atoms with van der Waals surface area (Å²) in [7, 11) is 0. The molecule has 0 unspecified atom stereocenters. The summed E-state index contributed by atoms with van der Waals surface area (Å²) in [5.74, 6) is -0.397. The van der Waals surface area contributed by atoms with Gasteiger partial charge in [-0.2, -0.15) is 0 Å². The molecule has 1 amide bonds. The van der Waals surface area contributed by atoms with Crippen LogP contribution in [0.2, 0.25) is 5.02 Å². The Morgan fingerprint density at radius 2 is 2.14 bits per heavy atom. The normalized spacial score (nSPS) is 17.0. The van der Waals surface area contributed by atoms with Crippen LogP contribution in [0.1, 0.15) is 18.4 Å². The predicted molar refractivity (Wildman–Crippen MR) is 86.5 cm³/mol. The molecule has 1 aliphatic heterocycles. The Bertz CT molecular complexity index is 760. The highest BCUT2D eigenvalue weighted by Crippen LogP contribution is 2.33. The van der Waals surface area contributed by atoms with Crippen molar-refractivity contribution in [1.29, 1.82) is 0 Å². The zero-order valence-electron chi connectivity index (χ0n) is 11.9. The summed E-state index contributed by atoms with van der Waals surface area (Å²) in [6.07, 6.45) is 6.91. The summed E-state index contributed by atoms with van der Waals surface area (Å²) < 4.78 is 0. The third kappa shape index (κ3) is 2.97. The van der Waals surface area contributed by atoms with E-state index in [4.69, 9.17) is 17.3 Å². The Hall–Kier alpha value is -2.33. The van der Waals surface area contributed by atoms with Gasteiger partial charge in [-0.15, -0.1) is 0 Å². The summed E-state index contributed by atoms with van der Waals surface area (Å²) in [4.78, 5) is 23.0. The van der Waals surface area contributed by atoms with Gasteiger partial charge in [0.25, 0.3) is 5.91 Å². The Kier molecular flexibility index (Phi) is 3.86. The lowest BCUT2D eigenvalue weighted by atomic mass is 9.90. The van der Waals surface area contributed by atoms with Crippen LogP contribution in [-0.4, -0.2) is 11.7 Å². The number of carbonyl (C=O) groups is 2. The van der Waals surface area contributed by atoms with Crippen molar-refractivity contribution in [3.05, 3.63) is 63.9 Å². The van der Waals surface area contributed by atoms with Crippen molar-refractivity contribution < 1.29 is 9.59 Å². The molecule has 112 valence electrons. The Morgan fingerprint density at radius 3 is 2.82 bits per heavy atom. The predicted octanol–water partition coefficient (Wildman–Crippen LogP) is 2.89. The number of hydrogen-bond acceptors (Lipinski definition) is 3.